The van der Waals surface area contributed by atoms with Gasteiger partial charge in [-0.05, 0) is 40.2 Å². The first-order valence-electron chi connectivity index (χ1n) is 3.64. The minimum atomic E-state index is -0.262. The molecule has 1 aromatic heterocycles. The van der Waals surface area contributed by atoms with Crippen LogP contribution < -0.4 is 0 Å². The van der Waals surface area contributed by atoms with E-state index in [9.17, 15) is 4.39 Å². The molecule has 0 saturated carbocycles. The Kier molecular flexibility index (Phi) is 2.14. The molecule has 0 N–H and O–H groups in total. The Hall–Kier alpha value is -1.16. The minimum absolute atomic E-state index is 0.262. The van der Waals surface area contributed by atoms with Gasteiger partial charge in [0.05, 0.1) is 0 Å². The van der Waals surface area contributed by atoms with Crippen LogP contribution in [0.4, 0.5) is 4.39 Å². The van der Waals surface area contributed by atoms with E-state index in [1.54, 1.807) is 18.2 Å². The molecule has 4 heteroatoms. The molecule has 0 atom stereocenters. The highest BCUT2D eigenvalue weighted by molar-refractivity contribution is 9.10. The quantitative estimate of drug-likeness (QED) is 0.767. The highest BCUT2D eigenvalue weighted by atomic mass is 79.9. The summed E-state index contributed by atoms with van der Waals surface area (Å²) in [6, 6.07) is 7.77. The Labute approximate surface area is 82.5 Å². The van der Waals surface area contributed by atoms with Crippen LogP contribution in [0.1, 0.15) is 0 Å². The van der Waals surface area contributed by atoms with Crippen LogP contribution in [0, 0.1) is 5.82 Å². The highest BCUT2D eigenvalue weighted by Crippen LogP contribution is 2.22. The van der Waals surface area contributed by atoms with Crippen molar-refractivity contribution in [1.29, 1.82) is 0 Å². The fourth-order valence-electron chi connectivity index (χ4n) is 1.00. The van der Waals surface area contributed by atoms with Gasteiger partial charge in [0.1, 0.15) is 10.4 Å². The van der Waals surface area contributed by atoms with Gasteiger partial charge in [-0.15, -0.1) is 0 Å². The summed E-state index contributed by atoms with van der Waals surface area (Å²) in [6.45, 7) is 0. The molecule has 0 aliphatic rings. The van der Waals surface area contributed by atoms with Crippen LogP contribution in [-0.4, -0.2) is 5.16 Å². The summed E-state index contributed by atoms with van der Waals surface area (Å²) in [7, 11) is 0. The second kappa shape index (κ2) is 3.30. The van der Waals surface area contributed by atoms with Crippen LogP contribution in [0.15, 0.2) is 39.5 Å². The maximum Gasteiger partial charge on any atom is 0.168 e. The molecule has 2 nitrogen and oxygen atoms in total. The average molecular weight is 242 g/mol. The van der Waals surface area contributed by atoms with Crippen LogP contribution in [0.25, 0.3) is 11.3 Å². The lowest BCUT2D eigenvalue weighted by molar-refractivity contribution is 0.428. The van der Waals surface area contributed by atoms with Crippen molar-refractivity contribution in [3.8, 4) is 11.3 Å². The molecule has 66 valence electrons. The van der Waals surface area contributed by atoms with Gasteiger partial charge in [0, 0.05) is 11.6 Å². The number of rotatable bonds is 1. The fourth-order valence-corrected chi connectivity index (χ4v) is 1.28. The molecule has 0 unspecified atom stereocenters. The van der Waals surface area contributed by atoms with E-state index in [1.807, 2.05) is 0 Å². The van der Waals surface area contributed by atoms with E-state index < -0.39 is 0 Å². The number of aromatic nitrogens is 1. The summed E-state index contributed by atoms with van der Waals surface area (Å²) in [5, 5.41) is 3.66. The van der Waals surface area contributed by atoms with E-state index in [0.29, 0.717) is 10.4 Å². The van der Waals surface area contributed by atoms with Crippen molar-refractivity contribution in [3.63, 3.8) is 0 Å². The molecule has 0 saturated heterocycles. The van der Waals surface area contributed by atoms with Crippen LogP contribution >= 0.6 is 15.9 Å². The van der Waals surface area contributed by atoms with Crippen molar-refractivity contribution >= 4 is 15.9 Å². The molecule has 13 heavy (non-hydrogen) atoms. The first-order chi connectivity index (χ1) is 6.25. The minimum Gasteiger partial charge on any atom is -0.355 e. The SMILES string of the molecule is Fc1ccc(-c2cc(Br)no2)cc1. The van der Waals surface area contributed by atoms with Crippen molar-refractivity contribution in [1.82, 2.24) is 5.16 Å². The number of benzene rings is 1. The Morgan fingerprint density at radius 2 is 1.92 bits per heavy atom. The van der Waals surface area contributed by atoms with Gasteiger partial charge in [0.2, 0.25) is 0 Å². The van der Waals surface area contributed by atoms with Crippen molar-refractivity contribution < 1.29 is 8.91 Å². The Bertz CT molecular complexity index is 410. The summed E-state index contributed by atoms with van der Waals surface area (Å²) in [4.78, 5) is 0. The van der Waals surface area contributed by atoms with Gasteiger partial charge in [-0.1, -0.05) is 5.16 Å². The zero-order chi connectivity index (χ0) is 9.26. The number of nitrogens with zero attached hydrogens (tertiary/aromatic N) is 1. The first-order valence-corrected chi connectivity index (χ1v) is 4.43. The molecule has 0 aliphatic heterocycles. The summed E-state index contributed by atoms with van der Waals surface area (Å²) in [6.07, 6.45) is 0. The molecule has 1 aromatic carbocycles. The lowest BCUT2D eigenvalue weighted by Crippen LogP contribution is -1.74. The van der Waals surface area contributed by atoms with Crippen molar-refractivity contribution in [2.45, 2.75) is 0 Å². The fraction of sp³-hybridized carbons (Fsp3) is 0. The van der Waals surface area contributed by atoms with Crippen molar-refractivity contribution in [3.05, 3.63) is 40.8 Å². The Morgan fingerprint density at radius 1 is 1.23 bits per heavy atom. The third-order valence-electron chi connectivity index (χ3n) is 1.61. The van der Waals surface area contributed by atoms with E-state index in [4.69, 9.17) is 4.52 Å². The second-order valence-corrected chi connectivity index (χ2v) is 3.33. The van der Waals surface area contributed by atoms with E-state index in [2.05, 4.69) is 21.1 Å². The number of hydrogen-bond donors (Lipinski definition) is 0. The molecule has 0 spiro atoms. The molecule has 0 aliphatic carbocycles. The van der Waals surface area contributed by atoms with Crippen LogP contribution in [-0.2, 0) is 0 Å². The molecular formula is C9H5BrFNO. The molecule has 2 aromatic rings. The van der Waals surface area contributed by atoms with Crippen LogP contribution in [0.3, 0.4) is 0 Å². The molecule has 0 fully saturated rings. The number of halogens is 2. The number of hydrogen-bond acceptors (Lipinski definition) is 2. The smallest absolute Gasteiger partial charge is 0.168 e. The molecule has 0 bridgehead atoms. The summed E-state index contributed by atoms with van der Waals surface area (Å²) in [5.74, 6) is 0.356. The zero-order valence-corrected chi connectivity index (χ0v) is 8.08. The standard InChI is InChI=1S/C9H5BrFNO/c10-9-5-8(13-12-9)6-1-3-7(11)4-2-6/h1-5H. The average Bonchev–Trinajstić information content (AvgIpc) is 2.53. The van der Waals surface area contributed by atoms with Gasteiger partial charge < -0.3 is 4.52 Å². The largest absolute Gasteiger partial charge is 0.355 e. The van der Waals surface area contributed by atoms with Gasteiger partial charge in [-0.3, -0.25) is 0 Å². The lowest BCUT2D eigenvalue weighted by Gasteiger charge is -1.93. The summed E-state index contributed by atoms with van der Waals surface area (Å²) in [5.41, 5.74) is 0.805. The van der Waals surface area contributed by atoms with Gasteiger partial charge in [-0.2, -0.15) is 0 Å². The van der Waals surface area contributed by atoms with Crippen LogP contribution in [0.2, 0.25) is 0 Å². The maximum absolute atomic E-state index is 12.6. The monoisotopic (exact) mass is 241 g/mol. The Morgan fingerprint density at radius 3 is 2.46 bits per heavy atom. The van der Waals surface area contributed by atoms with E-state index >= 15 is 0 Å². The van der Waals surface area contributed by atoms with Crippen molar-refractivity contribution in [2.24, 2.45) is 0 Å². The summed E-state index contributed by atoms with van der Waals surface area (Å²) < 4.78 is 18.2. The first kappa shape index (κ1) is 8.44. The normalized spacial score (nSPS) is 10.3. The van der Waals surface area contributed by atoms with Crippen LogP contribution in [0.5, 0.6) is 0 Å². The maximum atomic E-state index is 12.6. The molecule has 1 heterocycles. The third kappa shape index (κ3) is 1.78. The highest BCUT2D eigenvalue weighted by Gasteiger charge is 2.03. The third-order valence-corrected chi connectivity index (χ3v) is 1.98. The Balaban J connectivity index is 2.41. The lowest BCUT2D eigenvalue weighted by atomic mass is 10.2. The topological polar surface area (TPSA) is 26.0 Å². The van der Waals surface area contributed by atoms with E-state index in [0.717, 1.165) is 5.56 Å². The van der Waals surface area contributed by atoms with Gasteiger partial charge in [0.25, 0.3) is 0 Å². The van der Waals surface area contributed by atoms with E-state index in [1.165, 1.54) is 12.1 Å². The molecule has 2 rings (SSSR count). The van der Waals surface area contributed by atoms with Gasteiger partial charge in [0.15, 0.2) is 5.76 Å². The molecular weight excluding hydrogens is 237 g/mol. The van der Waals surface area contributed by atoms with E-state index in [-0.39, 0.29) is 5.82 Å². The summed E-state index contributed by atoms with van der Waals surface area (Å²) >= 11 is 3.16. The molecule has 0 amide bonds. The second-order valence-electron chi connectivity index (χ2n) is 2.52. The van der Waals surface area contributed by atoms with Gasteiger partial charge in [-0.25, -0.2) is 4.39 Å². The molecule has 0 radical (unpaired) electrons. The predicted molar refractivity (Wildman–Crippen MR) is 49.6 cm³/mol. The predicted octanol–water partition coefficient (Wildman–Crippen LogP) is 3.24. The van der Waals surface area contributed by atoms with Crippen molar-refractivity contribution in [2.75, 3.05) is 0 Å². The van der Waals surface area contributed by atoms with Gasteiger partial charge >= 0.3 is 0 Å². The zero-order valence-electron chi connectivity index (χ0n) is 6.50.